The molecule has 0 radical (unpaired) electrons. The van der Waals surface area contributed by atoms with Crippen LogP contribution in [0.25, 0.3) is 0 Å². The van der Waals surface area contributed by atoms with Crippen molar-refractivity contribution in [3.8, 4) is 0 Å². The van der Waals surface area contributed by atoms with E-state index >= 15 is 0 Å². The highest BCUT2D eigenvalue weighted by Crippen LogP contribution is 2.15. The number of morpholine rings is 1. The summed E-state index contributed by atoms with van der Waals surface area (Å²) in [5.41, 5.74) is 2.45. The van der Waals surface area contributed by atoms with Crippen molar-refractivity contribution in [2.24, 2.45) is 0 Å². The van der Waals surface area contributed by atoms with Crippen molar-refractivity contribution < 1.29 is 9.53 Å². The summed E-state index contributed by atoms with van der Waals surface area (Å²) in [6.45, 7) is 9.90. The maximum atomic E-state index is 12.2. The maximum absolute atomic E-state index is 12.2. The zero-order valence-electron chi connectivity index (χ0n) is 13.8. The number of benzene rings is 1. The Balaban J connectivity index is 1.82. The highest BCUT2D eigenvalue weighted by atomic mass is 16.5. The van der Waals surface area contributed by atoms with Gasteiger partial charge in [0.25, 0.3) is 0 Å². The predicted molar refractivity (Wildman–Crippen MR) is 89.3 cm³/mol. The van der Waals surface area contributed by atoms with E-state index in [9.17, 15) is 4.79 Å². The zero-order chi connectivity index (χ0) is 15.9. The molecule has 1 aliphatic rings. The third-order valence-corrected chi connectivity index (χ3v) is 4.03. The van der Waals surface area contributed by atoms with Crippen LogP contribution in [0.4, 0.5) is 5.69 Å². The summed E-state index contributed by atoms with van der Waals surface area (Å²) in [5.74, 6) is 0.0208. The van der Waals surface area contributed by atoms with Gasteiger partial charge in [0.2, 0.25) is 5.91 Å². The summed E-state index contributed by atoms with van der Waals surface area (Å²) in [6.07, 6.45) is -0.0761. The number of nitrogens with zero attached hydrogens (tertiary/aromatic N) is 1. The molecule has 22 heavy (non-hydrogen) atoms. The summed E-state index contributed by atoms with van der Waals surface area (Å²) < 4.78 is 5.51. The highest BCUT2D eigenvalue weighted by Gasteiger charge is 2.27. The minimum atomic E-state index is -0.247. The lowest BCUT2D eigenvalue weighted by Crippen LogP contribution is -2.56. The van der Waals surface area contributed by atoms with Crippen molar-refractivity contribution in [1.82, 2.24) is 10.6 Å². The molecule has 0 aliphatic carbocycles. The third-order valence-electron chi connectivity index (χ3n) is 4.03. The molecule has 122 valence electrons. The van der Waals surface area contributed by atoms with Crippen molar-refractivity contribution in [2.45, 2.75) is 32.9 Å². The number of rotatable bonds is 6. The molecule has 2 N–H and O–H groups in total. The molecule has 0 saturated carbocycles. The van der Waals surface area contributed by atoms with E-state index in [0.29, 0.717) is 13.2 Å². The van der Waals surface area contributed by atoms with Crippen LogP contribution < -0.4 is 15.5 Å². The first-order valence-electron chi connectivity index (χ1n) is 8.06. The van der Waals surface area contributed by atoms with Gasteiger partial charge < -0.3 is 20.3 Å². The first-order valence-corrected chi connectivity index (χ1v) is 8.06. The van der Waals surface area contributed by atoms with Crippen molar-refractivity contribution in [2.75, 3.05) is 37.7 Å². The van der Waals surface area contributed by atoms with Crippen molar-refractivity contribution in [3.63, 3.8) is 0 Å². The van der Waals surface area contributed by atoms with E-state index in [-0.39, 0.29) is 18.1 Å². The number of nitrogens with one attached hydrogen (secondary N) is 2. The van der Waals surface area contributed by atoms with Crippen LogP contribution >= 0.6 is 0 Å². The predicted octanol–water partition coefficient (Wildman–Crippen LogP) is 1.31. The second-order valence-electron chi connectivity index (χ2n) is 5.72. The van der Waals surface area contributed by atoms with Crippen LogP contribution in [-0.2, 0) is 9.53 Å². The lowest BCUT2D eigenvalue weighted by molar-refractivity contribution is -0.128. The van der Waals surface area contributed by atoms with E-state index < -0.39 is 0 Å². The molecule has 1 aliphatic heterocycles. The van der Waals surface area contributed by atoms with E-state index in [1.54, 1.807) is 0 Å². The van der Waals surface area contributed by atoms with E-state index in [2.05, 4.69) is 53.6 Å². The molecule has 2 atom stereocenters. The van der Waals surface area contributed by atoms with Crippen LogP contribution in [-0.4, -0.2) is 50.8 Å². The van der Waals surface area contributed by atoms with Crippen LogP contribution in [0, 0.1) is 6.92 Å². The van der Waals surface area contributed by atoms with Gasteiger partial charge in [-0.1, -0.05) is 12.1 Å². The summed E-state index contributed by atoms with van der Waals surface area (Å²) in [7, 11) is 0. The normalized spacial score (nSPS) is 21.4. The van der Waals surface area contributed by atoms with Gasteiger partial charge in [-0.3, -0.25) is 4.79 Å². The van der Waals surface area contributed by atoms with Crippen molar-refractivity contribution in [1.29, 1.82) is 0 Å². The Morgan fingerprint density at radius 2 is 2.32 bits per heavy atom. The van der Waals surface area contributed by atoms with Gasteiger partial charge in [0.15, 0.2) is 0 Å². The molecule has 1 heterocycles. The molecule has 0 unspecified atom stereocenters. The topological polar surface area (TPSA) is 53.6 Å². The van der Waals surface area contributed by atoms with Gasteiger partial charge in [0, 0.05) is 31.9 Å². The lowest BCUT2D eigenvalue weighted by atomic mass is 10.1. The van der Waals surface area contributed by atoms with Gasteiger partial charge in [-0.05, 0) is 38.5 Å². The number of carbonyl (C=O) groups is 1. The van der Waals surface area contributed by atoms with E-state index in [0.717, 1.165) is 19.6 Å². The Hall–Kier alpha value is -1.59. The maximum Gasteiger partial charge on any atom is 0.239 e. The Labute approximate surface area is 133 Å². The highest BCUT2D eigenvalue weighted by molar-refractivity contribution is 5.82. The number of likely N-dealkylation sites (N-methyl/N-ethyl adjacent to an activating group) is 1. The lowest BCUT2D eigenvalue weighted by Gasteiger charge is -2.30. The smallest absolute Gasteiger partial charge is 0.239 e. The molecule has 1 fully saturated rings. The van der Waals surface area contributed by atoms with Crippen LogP contribution in [0.15, 0.2) is 24.3 Å². The first kappa shape index (κ1) is 16.8. The number of anilines is 1. The third kappa shape index (κ3) is 4.45. The second-order valence-corrected chi connectivity index (χ2v) is 5.72. The second kappa shape index (κ2) is 8.15. The Morgan fingerprint density at radius 3 is 3.00 bits per heavy atom. The van der Waals surface area contributed by atoms with E-state index in [4.69, 9.17) is 4.74 Å². The largest absolute Gasteiger partial charge is 0.375 e. The van der Waals surface area contributed by atoms with Gasteiger partial charge >= 0.3 is 0 Å². The molecule has 0 spiro atoms. The first-order chi connectivity index (χ1) is 10.6. The molecular formula is C17H27N3O2. The molecule has 1 aromatic carbocycles. The molecule has 5 nitrogen and oxygen atoms in total. The molecule has 1 aromatic rings. The molecule has 2 rings (SSSR count). The molecule has 0 bridgehead atoms. The number of hydrogen-bond acceptors (Lipinski definition) is 4. The van der Waals surface area contributed by atoms with Crippen LogP contribution in [0.2, 0.25) is 0 Å². The summed E-state index contributed by atoms with van der Waals surface area (Å²) in [6, 6.07) is 8.19. The van der Waals surface area contributed by atoms with Gasteiger partial charge in [-0.2, -0.15) is 0 Å². The monoisotopic (exact) mass is 305 g/mol. The van der Waals surface area contributed by atoms with Gasteiger partial charge in [-0.15, -0.1) is 0 Å². The Morgan fingerprint density at radius 1 is 1.50 bits per heavy atom. The Bertz CT molecular complexity index is 493. The Kier molecular flexibility index (Phi) is 6.21. The van der Waals surface area contributed by atoms with Crippen LogP contribution in [0.5, 0.6) is 0 Å². The minimum Gasteiger partial charge on any atom is -0.375 e. The van der Waals surface area contributed by atoms with Crippen molar-refractivity contribution >= 4 is 11.6 Å². The summed E-state index contributed by atoms with van der Waals surface area (Å²) in [4.78, 5) is 14.5. The summed E-state index contributed by atoms with van der Waals surface area (Å²) in [5, 5.41) is 6.22. The molecule has 1 saturated heterocycles. The number of aryl methyl sites for hydroxylation is 1. The standard InChI is InChI=1S/C17H27N3O2/c1-4-20(15-7-5-6-13(2)12-15)10-8-19-17(21)16-14(3)22-11-9-18-16/h5-7,12,14,16,18H,4,8-11H2,1-3H3,(H,19,21)/t14-,16+/m1/s1. The molecule has 0 aromatic heterocycles. The van der Waals surface area contributed by atoms with Crippen LogP contribution in [0.3, 0.4) is 0 Å². The number of ether oxygens (including phenoxy) is 1. The summed E-state index contributed by atoms with van der Waals surface area (Å²) >= 11 is 0. The van der Waals surface area contributed by atoms with Gasteiger partial charge in [-0.25, -0.2) is 0 Å². The zero-order valence-corrected chi connectivity index (χ0v) is 13.8. The fourth-order valence-electron chi connectivity index (χ4n) is 2.75. The van der Waals surface area contributed by atoms with Gasteiger partial charge in [0.05, 0.1) is 12.7 Å². The van der Waals surface area contributed by atoms with E-state index in [1.807, 2.05) is 6.92 Å². The molecular weight excluding hydrogens is 278 g/mol. The minimum absolute atomic E-state index is 0.0208. The number of amides is 1. The van der Waals surface area contributed by atoms with Crippen LogP contribution in [0.1, 0.15) is 19.4 Å². The van der Waals surface area contributed by atoms with Gasteiger partial charge in [0.1, 0.15) is 6.04 Å². The van der Waals surface area contributed by atoms with E-state index in [1.165, 1.54) is 11.3 Å². The quantitative estimate of drug-likeness (QED) is 0.832. The molecule has 5 heteroatoms. The average molecular weight is 305 g/mol. The fraction of sp³-hybridized carbons (Fsp3) is 0.588. The fourth-order valence-corrected chi connectivity index (χ4v) is 2.75. The number of carbonyl (C=O) groups excluding carboxylic acids is 1. The molecule has 1 amide bonds. The number of hydrogen-bond donors (Lipinski definition) is 2. The average Bonchev–Trinajstić information content (AvgIpc) is 2.52. The SMILES string of the molecule is CCN(CCNC(=O)[C@H]1NCCO[C@@H]1C)c1cccc(C)c1. The van der Waals surface area contributed by atoms with Crippen molar-refractivity contribution in [3.05, 3.63) is 29.8 Å².